The Bertz CT molecular complexity index is 355. The molecule has 0 N–H and O–H groups in total. The molecule has 0 aliphatic carbocycles. The maximum Gasteiger partial charge on any atom is 0.338 e. The molecule has 16 heavy (non-hydrogen) atoms. The van der Waals surface area contributed by atoms with Gasteiger partial charge in [0, 0.05) is 6.54 Å². The van der Waals surface area contributed by atoms with Gasteiger partial charge >= 0.3 is 5.97 Å². The van der Waals surface area contributed by atoms with Crippen LogP contribution in [0.15, 0.2) is 30.8 Å². The van der Waals surface area contributed by atoms with E-state index in [9.17, 15) is 4.79 Å². The van der Waals surface area contributed by atoms with Crippen LogP contribution >= 0.6 is 0 Å². The van der Waals surface area contributed by atoms with Gasteiger partial charge in [0.2, 0.25) is 0 Å². The SMILES string of the molecule is C=Cc1ccc(C(=O)OCCN(C)C)cc1. The number of hydrogen-bond acceptors (Lipinski definition) is 3. The van der Waals surface area contributed by atoms with Crippen molar-refractivity contribution in [3.63, 3.8) is 0 Å². The monoisotopic (exact) mass is 219 g/mol. The summed E-state index contributed by atoms with van der Waals surface area (Å²) in [7, 11) is 3.87. The highest BCUT2D eigenvalue weighted by Gasteiger charge is 2.06. The van der Waals surface area contributed by atoms with Gasteiger partial charge in [0.1, 0.15) is 6.61 Å². The first kappa shape index (κ1) is 12.5. The highest BCUT2D eigenvalue weighted by atomic mass is 16.5. The third-order valence-electron chi connectivity index (χ3n) is 2.15. The summed E-state index contributed by atoms with van der Waals surface area (Å²) in [5.74, 6) is -0.280. The maximum absolute atomic E-state index is 11.6. The zero-order chi connectivity index (χ0) is 12.0. The third-order valence-corrected chi connectivity index (χ3v) is 2.15. The average molecular weight is 219 g/mol. The first-order chi connectivity index (χ1) is 7.63. The highest BCUT2D eigenvalue weighted by molar-refractivity contribution is 5.89. The molecule has 0 unspecified atom stereocenters. The van der Waals surface area contributed by atoms with Gasteiger partial charge in [-0.1, -0.05) is 24.8 Å². The highest BCUT2D eigenvalue weighted by Crippen LogP contribution is 2.06. The Hall–Kier alpha value is -1.61. The summed E-state index contributed by atoms with van der Waals surface area (Å²) in [6.07, 6.45) is 1.74. The number of carbonyl (C=O) groups excluding carboxylic acids is 1. The number of hydrogen-bond donors (Lipinski definition) is 0. The minimum Gasteiger partial charge on any atom is -0.461 e. The van der Waals surface area contributed by atoms with Crippen LogP contribution in [0.2, 0.25) is 0 Å². The largest absolute Gasteiger partial charge is 0.461 e. The second-order valence-electron chi connectivity index (χ2n) is 3.77. The molecule has 0 amide bonds. The molecular formula is C13H17NO2. The Morgan fingerprint density at radius 2 is 2.00 bits per heavy atom. The predicted molar refractivity (Wildman–Crippen MR) is 65.4 cm³/mol. The van der Waals surface area contributed by atoms with Crippen molar-refractivity contribution in [2.45, 2.75) is 0 Å². The summed E-state index contributed by atoms with van der Waals surface area (Å²) in [5.41, 5.74) is 1.56. The first-order valence-corrected chi connectivity index (χ1v) is 5.18. The molecule has 0 saturated heterocycles. The Morgan fingerprint density at radius 1 is 1.38 bits per heavy atom. The van der Waals surface area contributed by atoms with E-state index in [2.05, 4.69) is 6.58 Å². The summed E-state index contributed by atoms with van der Waals surface area (Å²) in [6, 6.07) is 7.18. The Kier molecular flexibility index (Phi) is 4.73. The molecule has 0 saturated carbocycles. The van der Waals surface area contributed by atoms with Crippen LogP contribution in [0.3, 0.4) is 0 Å². The predicted octanol–water partition coefficient (Wildman–Crippen LogP) is 2.05. The number of rotatable bonds is 5. The Labute approximate surface area is 96.3 Å². The maximum atomic E-state index is 11.6. The first-order valence-electron chi connectivity index (χ1n) is 5.18. The zero-order valence-corrected chi connectivity index (χ0v) is 9.77. The van der Waals surface area contributed by atoms with Crippen LogP contribution in [0.1, 0.15) is 15.9 Å². The third kappa shape index (κ3) is 3.87. The molecule has 3 heteroatoms. The van der Waals surface area contributed by atoms with E-state index in [1.165, 1.54) is 0 Å². The van der Waals surface area contributed by atoms with Crippen LogP contribution in [0.4, 0.5) is 0 Å². The van der Waals surface area contributed by atoms with Gasteiger partial charge < -0.3 is 9.64 Å². The second kappa shape index (κ2) is 6.08. The summed E-state index contributed by atoms with van der Waals surface area (Å²) in [4.78, 5) is 13.5. The lowest BCUT2D eigenvalue weighted by atomic mass is 10.1. The van der Waals surface area contributed by atoms with E-state index in [4.69, 9.17) is 4.74 Å². The van der Waals surface area contributed by atoms with Gasteiger partial charge in [-0.15, -0.1) is 0 Å². The lowest BCUT2D eigenvalue weighted by molar-refractivity contribution is 0.0482. The normalized spacial score (nSPS) is 10.2. The van der Waals surface area contributed by atoms with Gasteiger partial charge in [-0.25, -0.2) is 4.79 Å². The van der Waals surface area contributed by atoms with Crippen molar-refractivity contribution >= 4 is 12.0 Å². The van der Waals surface area contributed by atoms with Crippen LogP contribution < -0.4 is 0 Å². The van der Waals surface area contributed by atoms with Crippen LogP contribution in [0.25, 0.3) is 6.08 Å². The van der Waals surface area contributed by atoms with Gasteiger partial charge in [-0.3, -0.25) is 0 Å². The van der Waals surface area contributed by atoms with Crippen molar-refractivity contribution < 1.29 is 9.53 Å². The number of esters is 1. The van der Waals surface area contributed by atoms with E-state index in [0.29, 0.717) is 12.2 Å². The molecule has 0 heterocycles. The zero-order valence-electron chi connectivity index (χ0n) is 9.77. The van der Waals surface area contributed by atoms with Crippen LogP contribution in [0, 0.1) is 0 Å². The number of likely N-dealkylation sites (N-methyl/N-ethyl adjacent to an activating group) is 1. The Morgan fingerprint density at radius 3 is 2.50 bits per heavy atom. The van der Waals surface area contributed by atoms with E-state index in [1.54, 1.807) is 18.2 Å². The minimum atomic E-state index is -0.280. The molecule has 0 radical (unpaired) electrons. The summed E-state index contributed by atoms with van der Waals surface area (Å²) in [6.45, 7) is 4.80. The molecule has 0 fully saturated rings. The standard InChI is InChI=1S/C13H17NO2/c1-4-11-5-7-12(8-6-11)13(15)16-10-9-14(2)3/h4-8H,1,9-10H2,2-3H3. The van der Waals surface area contributed by atoms with Gasteiger partial charge in [0.25, 0.3) is 0 Å². The molecule has 1 rings (SSSR count). The van der Waals surface area contributed by atoms with E-state index >= 15 is 0 Å². The fourth-order valence-corrected chi connectivity index (χ4v) is 1.16. The summed E-state index contributed by atoms with van der Waals surface area (Å²) >= 11 is 0. The lowest BCUT2D eigenvalue weighted by Gasteiger charge is -2.09. The molecule has 0 aliphatic rings. The molecule has 86 valence electrons. The van der Waals surface area contributed by atoms with Crippen molar-refractivity contribution in [3.05, 3.63) is 42.0 Å². The number of nitrogens with zero attached hydrogens (tertiary/aromatic N) is 1. The smallest absolute Gasteiger partial charge is 0.338 e. The molecule has 3 nitrogen and oxygen atoms in total. The van der Waals surface area contributed by atoms with E-state index in [1.807, 2.05) is 31.1 Å². The molecule has 0 aromatic heterocycles. The molecule has 1 aromatic carbocycles. The van der Waals surface area contributed by atoms with Crippen LogP contribution in [-0.4, -0.2) is 38.1 Å². The lowest BCUT2D eigenvalue weighted by Crippen LogP contribution is -2.20. The van der Waals surface area contributed by atoms with Gasteiger partial charge in [-0.05, 0) is 31.8 Å². The van der Waals surface area contributed by atoms with Crippen LogP contribution in [0.5, 0.6) is 0 Å². The summed E-state index contributed by atoms with van der Waals surface area (Å²) < 4.78 is 5.11. The van der Waals surface area contributed by atoms with Crippen molar-refractivity contribution in [3.8, 4) is 0 Å². The molecule has 0 atom stereocenters. The van der Waals surface area contributed by atoms with Crippen molar-refractivity contribution in [1.82, 2.24) is 4.90 Å². The van der Waals surface area contributed by atoms with Gasteiger partial charge in [-0.2, -0.15) is 0 Å². The van der Waals surface area contributed by atoms with E-state index in [0.717, 1.165) is 12.1 Å². The van der Waals surface area contributed by atoms with Crippen molar-refractivity contribution in [1.29, 1.82) is 0 Å². The Balaban J connectivity index is 2.49. The molecule has 0 bridgehead atoms. The van der Waals surface area contributed by atoms with Crippen LogP contribution in [-0.2, 0) is 4.74 Å². The second-order valence-corrected chi connectivity index (χ2v) is 3.77. The quantitative estimate of drug-likeness (QED) is 0.710. The van der Waals surface area contributed by atoms with E-state index in [-0.39, 0.29) is 5.97 Å². The molecule has 0 spiro atoms. The molecular weight excluding hydrogens is 202 g/mol. The van der Waals surface area contributed by atoms with Gasteiger partial charge in [0.15, 0.2) is 0 Å². The number of carbonyl (C=O) groups is 1. The van der Waals surface area contributed by atoms with E-state index < -0.39 is 0 Å². The van der Waals surface area contributed by atoms with Crippen molar-refractivity contribution in [2.24, 2.45) is 0 Å². The molecule has 0 aliphatic heterocycles. The number of benzene rings is 1. The van der Waals surface area contributed by atoms with Crippen molar-refractivity contribution in [2.75, 3.05) is 27.2 Å². The number of ether oxygens (including phenoxy) is 1. The topological polar surface area (TPSA) is 29.5 Å². The fourth-order valence-electron chi connectivity index (χ4n) is 1.16. The minimum absolute atomic E-state index is 0.280. The van der Waals surface area contributed by atoms with Gasteiger partial charge in [0.05, 0.1) is 5.56 Å². The fraction of sp³-hybridized carbons (Fsp3) is 0.308. The summed E-state index contributed by atoms with van der Waals surface area (Å²) in [5, 5.41) is 0. The average Bonchev–Trinajstić information content (AvgIpc) is 2.28. The molecule has 1 aromatic rings.